The summed E-state index contributed by atoms with van der Waals surface area (Å²) >= 11 is 0. The van der Waals surface area contributed by atoms with Gasteiger partial charge >= 0.3 is 0 Å². The van der Waals surface area contributed by atoms with Crippen LogP contribution in [0.25, 0.3) is 16.7 Å². The Bertz CT molecular complexity index is 1070. The summed E-state index contributed by atoms with van der Waals surface area (Å²) in [4.78, 5) is 21.2. The maximum absolute atomic E-state index is 12.0. The first-order chi connectivity index (χ1) is 13.3. The van der Waals surface area contributed by atoms with Crippen molar-refractivity contribution in [2.24, 2.45) is 0 Å². The highest BCUT2D eigenvalue weighted by Crippen LogP contribution is 2.23. The number of hydrogen-bond donors (Lipinski definition) is 1. The van der Waals surface area contributed by atoms with Crippen LogP contribution >= 0.6 is 0 Å². The molecule has 0 saturated heterocycles. The van der Waals surface area contributed by atoms with Crippen molar-refractivity contribution in [1.82, 2.24) is 19.9 Å². The highest BCUT2D eigenvalue weighted by molar-refractivity contribution is 5.97. The molecule has 1 N–H and O–H groups in total. The number of hydrogen-bond acceptors (Lipinski definition) is 3. The van der Waals surface area contributed by atoms with Gasteiger partial charge in [-0.2, -0.15) is 0 Å². The second kappa shape index (κ2) is 7.41. The van der Waals surface area contributed by atoms with Crippen molar-refractivity contribution in [3.8, 4) is 5.69 Å². The Hall–Kier alpha value is -3.47. The van der Waals surface area contributed by atoms with E-state index in [-0.39, 0.29) is 5.91 Å². The smallest absolute Gasteiger partial charge is 0.251 e. The lowest BCUT2D eigenvalue weighted by Gasteiger charge is -2.09. The van der Waals surface area contributed by atoms with Crippen LogP contribution in [0.15, 0.2) is 72.9 Å². The summed E-state index contributed by atoms with van der Waals surface area (Å²) in [7, 11) is 1.63. The molecule has 0 aliphatic heterocycles. The van der Waals surface area contributed by atoms with Crippen LogP contribution in [-0.2, 0) is 12.8 Å². The predicted molar refractivity (Wildman–Crippen MR) is 106 cm³/mol. The molecule has 2 aromatic heterocycles. The van der Waals surface area contributed by atoms with E-state index in [9.17, 15) is 4.79 Å². The number of rotatable bonds is 5. The number of fused-ring (bicyclic) bond motifs is 1. The lowest BCUT2D eigenvalue weighted by atomic mass is 10.2. The van der Waals surface area contributed by atoms with Crippen molar-refractivity contribution in [2.45, 2.75) is 12.8 Å². The van der Waals surface area contributed by atoms with Gasteiger partial charge in [0.2, 0.25) is 0 Å². The Balaban J connectivity index is 1.79. The van der Waals surface area contributed by atoms with E-state index in [0.29, 0.717) is 5.56 Å². The van der Waals surface area contributed by atoms with Gasteiger partial charge in [-0.3, -0.25) is 14.3 Å². The maximum Gasteiger partial charge on any atom is 0.251 e. The number of aromatic nitrogens is 3. The van der Waals surface area contributed by atoms with Crippen LogP contribution < -0.4 is 5.32 Å². The van der Waals surface area contributed by atoms with Crippen molar-refractivity contribution in [3.63, 3.8) is 0 Å². The zero-order chi connectivity index (χ0) is 18.6. The van der Waals surface area contributed by atoms with Gasteiger partial charge in [0.05, 0.1) is 11.0 Å². The number of imidazole rings is 1. The minimum atomic E-state index is -0.110. The molecular formula is C22H20N4O. The summed E-state index contributed by atoms with van der Waals surface area (Å²) in [5, 5.41) is 2.66. The SMILES string of the molecule is CNC(=O)c1ccc2c(c1)nc(CCc1ccccn1)n2-c1ccccc1. The first-order valence-electron chi connectivity index (χ1n) is 8.95. The molecule has 1 amide bonds. The number of carbonyl (C=O) groups is 1. The number of pyridine rings is 1. The third kappa shape index (κ3) is 3.44. The number of nitrogens with one attached hydrogen (secondary N) is 1. The minimum Gasteiger partial charge on any atom is -0.355 e. The molecular weight excluding hydrogens is 336 g/mol. The average molecular weight is 356 g/mol. The number of amides is 1. The van der Waals surface area contributed by atoms with Gasteiger partial charge in [0.25, 0.3) is 5.91 Å². The Morgan fingerprint density at radius 3 is 2.56 bits per heavy atom. The largest absolute Gasteiger partial charge is 0.355 e. The van der Waals surface area contributed by atoms with Gasteiger partial charge in [-0.25, -0.2) is 4.98 Å². The predicted octanol–water partition coefficient (Wildman–Crippen LogP) is 3.57. The van der Waals surface area contributed by atoms with E-state index < -0.39 is 0 Å². The van der Waals surface area contributed by atoms with E-state index >= 15 is 0 Å². The molecule has 0 radical (unpaired) electrons. The second-order valence-corrected chi connectivity index (χ2v) is 6.30. The highest BCUT2D eigenvalue weighted by atomic mass is 16.1. The van der Waals surface area contributed by atoms with Crippen LogP contribution in [-0.4, -0.2) is 27.5 Å². The van der Waals surface area contributed by atoms with Crippen molar-refractivity contribution in [3.05, 3.63) is 90.0 Å². The summed E-state index contributed by atoms with van der Waals surface area (Å²) in [5.41, 5.74) is 4.51. The van der Waals surface area contributed by atoms with Gasteiger partial charge in [0, 0.05) is 36.6 Å². The molecule has 0 bridgehead atoms. The van der Waals surface area contributed by atoms with Gasteiger partial charge < -0.3 is 5.32 Å². The molecule has 2 aromatic carbocycles. The standard InChI is InChI=1S/C22H20N4O/c1-23-22(27)16-10-12-20-19(15-16)25-21(13-11-17-7-5-6-14-24-17)26(20)18-8-3-2-4-9-18/h2-10,12,14-15H,11,13H2,1H3,(H,23,27). The molecule has 0 unspecified atom stereocenters. The number of carbonyl (C=O) groups excluding carboxylic acids is 1. The van der Waals surface area contributed by atoms with E-state index in [4.69, 9.17) is 4.98 Å². The molecule has 0 saturated carbocycles. The van der Waals surface area contributed by atoms with Crippen LogP contribution in [0.1, 0.15) is 21.9 Å². The van der Waals surface area contributed by atoms with E-state index in [2.05, 4.69) is 27.0 Å². The molecule has 5 heteroatoms. The molecule has 0 fully saturated rings. The van der Waals surface area contributed by atoms with Crippen LogP contribution in [0.3, 0.4) is 0 Å². The maximum atomic E-state index is 12.0. The molecule has 4 aromatic rings. The van der Waals surface area contributed by atoms with Crippen molar-refractivity contribution < 1.29 is 4.79 Å². The van der Waals surface area contributed by atoms with E-state index in [1.807, 2.05) is 60.8 Å². The zero-order valence-electron chi connectivity index (χ0n) is 15.1. The Labute approximate surface area is 157 Å². The third-order valence-corrected chi connectivity index (χ3v) is 4.56. The summed E-state index contributed by atoms with van der Waals surface area (Å²) in [6.45, 7) is 0. The van der Waals surface area contributed by atoms with E-state index in [1.165, 1.54) is 0 Å². The molecule has 27 heavy (non-hydrogen) atoms. The summed E-state index contributed by atoms with van der Waals surface area (Å²) in [5.74, 6) is 0.845. The average Bonchev–Trinajstić information content (AvgIpc) is 3.10. The third-order valence-electron chi connectivity index (χ3n) is 4.56. The highest BCUT2D eigenvalue weighted by Gasteiger charge is 2.14. The fraction of sp³-hybridized carbons (Fsp3) is 0.136. The van der Waals surface area contributed by atoms with E-state index in [0.717, 1.165) is 41.1 Å². The van der Waals surface area contributed by atoms with Gasteiger partial charge in [0.15, 0.2) is 0 Å². The monoisotopic (exact) mass is 356 g/mol. The van der Waals surface area contributed by atoms with Gasteiger partial charge in [-0.15, -0.1) is 0 Å². The van der Waals surface area contributed by atoms with Crippen LogP contribution in [0, 0.1) is 0 Å². The van der Waals surface area contributed by atoms with Crippen molar-refractivity contribution in [1.29, 1.82) is 0 Å². The van der Waals surface area contributed by atoms with Crippen molar-refractivity contribution >= 4 is 16.9 Å². The number of benzene rings is 2. The second-order valence-electron chi connectivity index (χ2n) is 6.30. The normalized spacial score (nSPS) is 10.9. The molecule has 5 nitrogen and oxygen atoms in total. The molecule has 2 heterocycles. The topological polar surface area (TPSA) is 59.8 Å². The molecule has 134 valence electrons. The lowest BCUT2D eigenvalue weighted by Crippen LogP contribution is -2.17. The first kappa shape index (κ1) is 17.0. The number of para-hydroxylation sites is 1. The summed E-state index contributed by atoms with van der Waals surface area (Å²) in [6.07, 6.45) is 3.38. The molecule has 0 aliphatic carbocycles. The summed E-state index contributed by atoms with van der Waals surface area (Å²) < 4.78 is 2.16. The number of aryl methyl sites for hydroxylation is 2. The van der Waals surface area contributed by atoms with Crippen molar-refractivity contribution in [2.75, 3.05) is 7.05 Å². The molecule has 4 rings (SSSR count). The summed E-state index contributed by atoms with van der Waals surface area (Å²) in [6, 6.07) is 21.8. The molecule has 0 spiro atoms. The number of nitrogens with zero attached hydrogens (tertiary/aromatic N) is 3. The Morgan fingerprint density at radius 2 is 1.81 bits per heavy atom. The lowest BCUT2D eigenvalue weighted by molar-refractivity contribution is 0.0963. The minimum absolute atomic E-state index is 0.110. The Kier molecular flexibility index (Phi) is 4.66. The fourth-order valence-electron chi connectivity index (χ4n) is 3.23. The molecule has 0 atom stereocenters. The van der Waals surface area contributed by atoms with Gasteiger partial charge in [-0.05, 0) is 48.9 Å². The Morgan fingerprint density at radius 1 is 1.00 bits per heavy atom. The quantitative estimate of drug-likeness (QED) is 0.595. The first-order valence-corrected chi connectivity index (χ1v) is 8.95. The van der Waals surface area contributed by atoms with Crippen LogP contribution in [0.4, 0.5) is 0 Å². The fourth-order valence-corrected chi connectivity index (χ4v) is 3.23. The van der Waals surface area contributed by atoms with Crippen LogP contribution in [0.5, 0.6) is 0 Å². The van der Waals surface area contributed by atoms with Gasteiger partial charge in [-0.1, -0.05) is 24.3 Å². The van der Waals surface area contributed by atoms with Gasteiger partial charge in [0.1, 0.15) is 5.82 Å². The zero-order valence-corrected chi connectivity index (χ0v) is 15.1. The van der Waals surface area contributed by atoms with E-state index in [1.54, 1.807) is 7.05 Å². The van der Waals surface area contributed by atoms with Crippen LogP contribution in [0.2, 0.25) is 0 Å². The molecule has 0 aliphatic rings.